The summed E-state index contributed by atoms with van der Waals surface area (Å²) in [6.45, 7) is 1.91. The van der Waals surface area contributed by atoms with Gasteiger partial charge in [-0.2, -0.15) is 13.2 Å². The molecule has 0 N–H and O–H groups in total. The minimum absolute atomic E-state index is 0.0699. The van der Waals surface area contributed by atoms with Gasteiger partial charge in [-0.1, -0.05) is 31.2 Å². The van der Waals surface area contributed by atoms with Crippen molar-refractivity contribution < 1.29 is 22.4 Å². The van der Waals surface area contributed by atoms with Gasteiger partial charge < -0.3 is 4.90 Å². The number of rotatable bonds is 5. The van der Waals surface area contributed by atoms with Crippen molar-refractivity contribution in [1.82, 2.24) is 4.90 Å². The highest BCUT2D eigenvalue weighted by Crippen LogP contribution is 2.30. The van der Waals surface area contributed by atoms with Crippen molar-refractivity contribution in [3.05, 3.63) is 71.0 Å². The van der Waals surface area contributed by atoms with E-state index in [0.29, 0.717) is 17.5 Å². The molecular formula is C19H19F4NO. The quantitative estimate of drug-likeness (QED) is 0.693. The standard InChI is InChI=1S/C19H19F4NO/c1-3-17(14-7-9-16(20)10-8-14)18(25)24(2)12-13-5-4-6-15(11-13)19(21,22)23/h4-11,17H,3,12H2,1-2H3. The third-order valence-electron chi connectivity index (χ3n) is 4.03. The molecule has 0 saturated carbocycles. The summed E-state index contributed by atoms with van der Waals surface area (Å²) in [5.41, 5.74) is 0.348. The Balaban J connectivity index is 2.15. The van der Waals surface area contributed by atoms with Crippen LogP contribution in [0.3, 0.4) is 0 Å². The zero-order valence-corrected chi connectivity index (χ0v) is 14.0. The normalized spacial score (nSPS) is 12.7. The number of nitrogens with zero attached hydrogens (tertiary/aromatic N) is 1. The topological polar surface area (TPSA) is 20.3 Å². The summed E-state index contributed by atoms with van der Waals surface area (Å²) in [6.07, 6.45) is -3.91. The Morgan fingerprint density at radius 3 is 2.32 bits per heavy atom. The molecule has 0 saturated heterocycles. The molecule has 6 heteroatoms. The molecule has 0 heterocycles. The molecule has 0 bridgehead atoms. The average Bonchev–Trinajstić information content (AvgIpc) is 2.56. The number of likely N-dealkylation sites (N-methyl/N-ethyl adjacent to an activating group) is 1. The van der Waals surface area contributed by atoms with Crippen LogP contribution < -0.4 is 0 Å². The van der Waals surface area contributed by atoms with E-state index in [-0.39, 0.29) is 18.3 Å². The van der Waals surface area contributed by atoms with Crippen LogP contribution in [0.25, 0.3) is 0 Å². The van der Waals surface area contributed by atoms with E-state index in [0.717, 1.165) is 12.1 Å². The largest absolute Gasteiger partial charge is 0.416 e. The molecule has 0 radical (unpaired) electrons. The maximum absolute atomic E-state index is 13.0. The van der Waals surface area contributed by atoms with Gasteiger partial charge in [-0.05, 0) is 41.8 Å². The number of amides is 1. The fourth-order valence-corrected chi connectivity index (χ4v) is 2.71. The van der Waals surface area contributed by atoms with E-state index in [2.05, 4.69) is 0 Å². The van der Waals surface area contributed by atoms with Crippen molar-refractivity contribution in [3.63, 3.8) is 0 Å². The molecule has 2 aromatic carbocycles. The minimum atomic E-state index is -4.42. The first-order chi connectivity index (χ1) is 11.7. The summed E-state index contributed by atoms with van der Waals surface area (Å²) >= 11 is 0. The van der Waals surface area contributed by atoms with Crippen LogP contribution in [-0.2, 0) is 17.5 Å². The molecule has 2 aromatic rings. The predicted molar refractivity (Wildman–Crippen MR) is 87.4 cm³/mol. The SMILES string of the molecule is CCC(C(=O)N(C)Cc1cccc(C(F)(F)F)c1)c1ccc(F)cc1. The number of carbonyl (C=O) groups is 1. The Hall–Kier alpha value is -2.37. The molecule has 1 atom stereocenters. The summed E-state index contributed by atoms with van der Waals surface area (Å²) in [4.78, 5) is 14.1. The van der Waals surface area contributed by atoms with Gasteiger partial charge in [-0.15, -0.1) is 0 Å². The molecular weight excluding hydrogens is 334 g/mol. The van der Waals surface area contributed by atoms with Crippen molar-refractivity contribution in [2.45, 2.75) is 32.0 Å². The van der Waals surface area contributed by atoms with Gasteiger partial charge in [0.15, 0.2) is 0 Å². The van der Waals surface area contributed by atoms with Crippen LogP contribution in [0.15, 0.2) is 48.5 Å². The molecule has 134 valence electrons. The minimum Gasteiger partial charge on any atom is -0.341 e. The van der Waals surface area contributed by atoms with Crippen LogP contribution in [0.1, 0.15) is 36.0 Å². The Kier molecular flexibility index (Phi) is 5.82. The first kappa shape index (κ1) is 19.0. The second-order valence-electron chi connectivity index (χ2n) is 5.90. The zero-order chi connectivity index (χ0) is 18.6. The third kappa shape index (κ3) is 4.81. The molecule has 1 amide bonds. The number of halogens is 4. The van der Waals surface area contributed by atoms with Gasteiger partial charge in [0.1, 0.15) is 5.82 Å². The van der Waals surface area contributed by atoms with Crippen molar-refractivity contribution in [3.8, 4) is 0 Å². The number of carbonyl (C=O) groups excluding carboxylic acids is 1. The van der Waals surface area contributed by atoms with E-state index in [1.165, 1.54) is 23.1 Å². The maximum atomic E-state index is 13.0. The molecule has 1 unspecified atom stereocenters. The fourth-order valence-electron chi connectivity index (χ4n) is 2.71. The second kappa shape index (κ2) is 7.68. The van der Waals surface area contributed by atoms with Crippen LogP contribution in [0.5, 0.6) is 0 Å². The molecule has 0 fully saturated rings. The van der Waals surface area contributed by atoms with E-state index >= 15 is 0 Å². The molecule has 25 heavy (non-hydrogen) atoms. The molecule has 0 aromatic heterocycles. The highest BCUT2D eigenvalue weighted by molar-refractivity contribution is 5.83. The van der Waals surface area contributed by atoms with Gasteiger partial charge in [-0.3, -0.25) is 4.79 Å². The van der Waals surface area contributed by atoms with Gasteiger partial charge in [0.25, 0.3) is 0 Å². The smallest absolute Gasteiger partial charge is 0.341 e. The van der Waals surface area contributed by atoms with Gasteiger partial charge in [0, 0.05) is 13.6 Å². The molecule has 0 aliphatic rings. The fraction of sp³-hybridized carbons (Fsp3) is 0.316. The number of hydrogen-bond acceptors (Lipinski definition) is 1. The van der Waals surface area contributed by atoms with Crippen molar-refractivity contribution in [2.75, 3.05) is 7.05 Å². The molecule has 0 aliphatic heterocycles. The lowest BCUT2D eigenvalue weighted by Gasteiger charge is -2.24. The lowest BCUT2D eigenvalue weighted by atomic mass is 9.95. The highest BCUT2D eigenvalue weighted by atomic mass is 19.4. The first-order valence-corrected chi connectivity index (χ1v) is 7.89. The lowest BCUT2D eigenvalue weighted by molar-refractivity contribution is -0.137. The zero-order valence-electron chi connectivity index (χ0n) is 14.0. The predicted octanol–water partition coefficient (Wildman–Crippen LogP) is 5.00. The summed E-state index contributed by atoms with van der Waals surface area (Å²) in [5.74, 6) is -1.06. The Morgan fingerprint density at radius 1 is 1.12 bits per heavy atom. The van der Waals surface area contributed by atoms with Crippen molar-refractivity contribution in [1.29, 1.82) is 0 Å². The first-order valence-electron chi connectivity index (χ1n) is 7.89. The highest BCUT2D eigenvalue weighted by Gasteiger charge is 2.30. The Bertz CT molecular complexity index is 725. The van der Waals surface area contributed by atoms with Crippen LogP contribution in [0.4, 0.5) is 17.6 Å². The van der Waals surface area contributed by atoms with Crippen LogP contribution in [0.2, 0.25) is 0 Å². The van der Waals surface area contributed by atoms with Crippen LogP contribution in [0, 0.1) is 5.82 Å². The third-order valence-corrected chi connectivity index (χ3v) is 4.03. The van der Waals surface area contributed by atoms with Gasteiger partial charge in [0.05, 0.1) is 11.5 Å². The second-order valence-corrected chi connectivity index (χ2v) is 5.90. The van der Waals surface area contributed by atoms with E-state index in [1.807, 2.05) is 6.92 Å². The summed E-state index contributed by atoms with van der Waals surface area (Å²) in [6, 6.07) is 10.6. The van der Waals surface area contributed by atoms with Gasteiger partial charge in [-0.25, -0.2) is 4.39 Å². The Labute approximate surface area is 144 Å². The van der Waals surface area contributed by atoms with Crippen molar-refractivity contribution in [2.24, 2.45) is 0 Å². The van der Waals surface area contributed by atoms with Gasteiger partial charge in [0.2, 0.25) is 5.91 Å². The maximum Gasteiger partial charge on any atom is 0.416 e. The number of benzene rings is 2. The molecule has 0 aliphatic carbocycles. The van der Waals surface area contributed by atoms with Crippen LogP contribution >= 0.6 is 0 Å². The molecule has 2 nitrogen and oxygen atoms in total. The molecule has 2 rings (SSSR count). The summed E-state index contributed by atoms with van der Waals surface area (Å²) in [7, 11) is 1.55. The van der Waals surface area contributed by atoms with Gasteiger partial charge >= 0.3 is 6.18 Å². The van der Waals surface area contributed by atoms with Crippen LogP contribution in [-0.4, -0.2) is 17.9 Å². The summed E-state index contributed by atoms with van der Waals surface area (Å²) < 4.78 is 51.4. The lowest BCUT2D eigenvalue weighted by Crippen LogP contribution is -2.31. The van der Waals surface area contributed by atoms with E-state index in [4.69, 9.17) is 0 Å². The van der Waals surface area contributed by atoms with E-state index in [1.54, 1.807) is 25.2 Å². The average molecular weight is 353 g/mol. The number of hydrogen-bond donors (Lipinski definition) is 0. The van der Waals surface area contributed by atoms with E-state index < -0.39 is 17.7 Å². The number of alkyl halides is 3. The summed E-state index contributed by atoms with van der Waals surface area (Å²) in [5, 5.41) is 0. The monoisotopic (exact) mass is 353 g/mol. The Morgan fingerprint density at radius 2 is 1.76 bits per heavy atom. The van der Waals surface area contributed by atoms with E-state index in [9.17, 15) is 22.4 Å². The van der Waals surface area contributed by atoms with Crippen molar-refractivity contribution >= 4 is 5.91 Å². The molecule has 0 spiro atoms.